The van der Waals surface area contributed by atoms with Crippen molar-refractivity contribution >= 4 is 5.91 Å². The lowest BCUT2D eigenvalue weighted by Crippen LogP contribution is -2.48. The number of hydrogen-bond donors (Lipinski definition) is 2. The van der Waals surface area contributed by atoms with Gasteiger partial charge in [-0.3, -0.25) is 9.69 Å². The number of nitrogens with one attached hydrogen (secondary N) is 1. The predicted molar refractivity (Wildman–Crippen MR) is 67.6 cm³/mol. The zero-order valence-corrected chi connectivity index (χ0v) is 10.1. The lowest BCUT2D eigenvalue weighted by Gasteiger charge is -2.33. The molecule has 1 saturated heterocycles. The van der Waals surface area contributed by atoms with Crippen molar-refractivity contribution in [3.8, 4) is 0 Å². The van der Waals surface area contributed by atoms with Crippen LogP contribution in [0.4, 0.5) is 0 Å². The lowest BCUT2D eigenvalue weighted by atomic mass is 10.0. The Hall–Kier alpha value is -1.39. The van der Waals surface area contributed by atoms with Gasteiger partial charge in [0.1, 0.15) is 6.04 Å². The van der Waals surface area contributed by atoms with Gasteiger partial charge in [0.15, 0.2) is 0 Å². The summed E-state index contributed by atoms with van der Waals surface area (Å²) in [6, 6.07) is 7.73. The molecule has 1 unspecified atom stereocenters. The van der Waals surface area contributed by atoms with E-state index in [-0.39, 0.29) is 11.9 Å². The van der Waals surface area contributed by atoms with E-state index < -0.39 is 0 Å². The predicted octanol–water partition coefficient (Wildman–Crippen LogP) is 0.427. The molecule has 0 spiro atoms. The Bertz CT molecular complexity index is 382. The number of piperazine rings is 1. The van der Waals surface area contributed by atoms with Crippen molar-refractivity contribution in [2.45, 2.75) is 13.0 Å². The molecule has 17 heavy (non-hydrogen) atoms. The van der Waals surface area contributed by atoms with E-state index in [1.807, 2.05) is 31.2 Å². The van der Waals surface area contributed by atoms with Gasteiger partial charge in [0, 0.05) is 26.2 Å². The highest BCUT2D eigenvalue weighted by Crippen LogP contribution is 2.21. The van der Waals surface area contributed by atoms with Gasteiger partial charge in [-0.05, 0) is 12.5 Å². The third-order valence-electron chi connectivity index (χ3n) is 3.18. The van der Waals surface area contributed by atoms with Gasteiger partial charge in [0.25, 0.3) is 0 Å². The molecule has 1 aromatic carbocycles. The number of amides is 1. The quantitative estimate of drug-likeness (QED) is 0.796. The first kappa shape index (κ1) is 12.1. The largest absolute Gasteiger partial charge is 0.368 e. The van der Waals surface area contributed by atoms with Crippen molar-refractivity contribution in [1.82, 2.24) is 10.2 Å². The van der Waals surface area contributed by atoms with Gasteiger partial charge in [-0.1, -0.05) is 29.8 Å². The second kappa shape index (κ2) is 5.29. The van der Waals surface area contributed by atoms with E-state index in [9.17, 15) is 4.79 Å². The Kier molecular flexibility index (Phi) is 3.76. The van der Waals surface area contributed by atoms with Crippen LogP contribution >= 0.6 is 0 Å². The maximum atomic E-state index is 11.6. The van der Waals surface area contributed by atoms with Crippen LogP contribution in [-0.4, -0.2) is 37.0 Å². The second-order valence-corrected chi connectivity index (χ2v) is 4.50. The van der Waals surface area contributed by atoms with Crippen molar-refractivity contribution < 1.29 is 4.79 Å². The number of nitrogens with two attached hydrogens (primary N) is 1. The van der Waals surface area contributed by atoms with E-state index in [2.05, 4.69) is 10.2 Å². The van der Waals surface area contributed by atoms with Gasteiger partial charge < -0.3 is 11.1 Å². The molecule has 1 amide bonds. The number of carbonyl (C=O) groups excluding carboxylic acids is 1. The summed E-state index contributed by atoms with van der Waals surface area (Å²) in [5.74, 6) is -0.268. The zero-order valence-electron chi connectivity index (χ0n) is 10.1. The van der Waals surface area contributed by atoms with Crippen LogP contribution in [0.3, 0.4) is 0 Å². The smallest absolute Gasteiger partial charge is 0.239 e. The van der Waals surface area contributed by atoms with Crippen LogP contribution in [0.1, 0.15) is 17.2 Å². The molecule has 2 rings (SSSR count). The molecule has 0 radical (unpaired) electrons. The van der Waals surface area contributed by atoms with Gasteiger partial charge in [0.05, 0.1) is 0 Å². The van der Waals surface area contributed by atoms with E-state index in [4.69, 9.17) is 5.73 Å². The van der Waals surface area contributed by atoms with Gasteiger partial charge in [-0.25, -0.2) is 0 Å². The van der Waals surface area contributed by atoms with Gasteiger partial charge in [-0.15, -0.1) is 0 Å². The molecule has 0 aromatic heterocycles. The average molecular weight is 233 g/mol. The summed E-state index contributed by atoms with van der Waals surface area (Å²) in [6.45, 7) is 5.59. The summed E-state index contributed by atoms with van der Waals surface area (Å²) < 4.78 is 0. The van der Waals surface area contributed by atoms with Gasteiger partial charge in [-0.2, -0.15) is 0 Å². The maximum absolute atomic E-state index is 11.6. The molecule has 1 aliphatic rings. The van der Waals surface area contributed by atoms with Crippen LogP contribution in [0, 0.1) is 6.92 Å². The molecular weight excluding hydrogens is 214 g/mol. The first-order chi connectivity index (χ1) is 8.18. The highest BCUT2D eigenvalue weighted by Gasteiger charge is 2.26. The Morgan fingerprint density at radius 1 is 1.29 bits per heavy atom. The van der Waals surface area contributed by atoms with Gasteiger partial charge >= 0.3 is 0 Å². The SMILES string of the molecule is Cc1ccc(C(C(N)=O)N2CCNCC2)cc1. The molecule has 1 atom stereocenters. The molecule has 1 aliphatic heterocycles. The standard InChI is InChI=1S/C13H19N3O/c1-10-2-4-11(5-3-10)12(13(14)17)16-8-6-15-7-9-16/h2-5,12,15H,6-9H2,1H3,(H2,14,17). The molecule has 3 N–H and O–H groups in total. The molecule has 4 heteroatoms. The third kappa shape index (κ3) is 2.84. The Labute approximate surface area is 102 Å². The average Bonchev–Trinajstić information content (AvgIpc) is 2.33. The maximum Gasteiger partial charge on any atom is 0.239 e. The normalized spacial score (nSPS) is 18.9. The van der Waals surface area contributed by atoms with E-state index in [0.29, 0.717) is 0 Å². The molecule has 1 heterocycles. The third-order valence-corrected chi connectivity index (χ3v) is 3.18. The number of nitrogens with zero attached hydrogens (tertiary/aromatic N) is 1. The molecule has 0 aliphatic carbocycles. The van der Waals surface area contributed by atoms with Crippen molar-refractivity contribution in [1.29, 1.82) is 0 Å². The Morgan fingerprint density at radius 3 is 2.41 bits per heavy atom. The number of benzene rings is 1. The van der Waals surface area contributed by atoms with Crippen molar-refractivity contribution in [2.75, 3.05) is 26.2 Å². The van der Waals surface area contributed by atoms with Crippen molar-refractivity contribution in [3.05, 3.63) is 35.4 Å². The van der Waals surface area contributed by atoms with E-state index in [1.165, 1.54) is 5.56 Å². The summed E-state index contributed by atoms with van der Waals surface area (Å²) in [6.07, 6.45) is 0. The lowest BCUT2D eigenvalue weighted by molar-refractivity contribution is -0.123. The second-order valence-electron chi connectivity index (χ2n) is 4.50. The summed E-state index contributed by atoms with van der Waals surface area (Å²) in [5, 5.41) is 3.28. The minimum absolute atomic E-state index is 0.268. The number of aryl methyl sites for hydroxylation is 1. The van der Waals surface area contributed by atoms with Crippen molar-refractivity contribution in [3.63, 3.8) is 0 Å². The number of carbonyl (C=O) groups is 1. The van der Waals surface area contributed by atoms with Crippen molar-refractivity contribution in [2.24, 2.45) is 5.73 Å². The first-order valence-corrected chi connectivity index (χ1v) is 5.99. The Morgan fingerprint density at radius 2 is 1.88 bits per heavy atom. The molecular formula is C13H19N3O. The van der Waals surface area contributed by atoms with Crippen LogP contribution in [0.15, 0.2) is 24.3 Å². The molecule has 1 aromatic rings. The van der Waals surface area contributed by atoms with Crippen LogP contribution in [0.25, 0.3) is 0 Å². The highest BCUT2D eigenvalue weighted by atomic mass is 16.1. The summed E-state index contributed by atoms with van der Waals surface area (Å²) >= 11 is 0. The number of hydrogen-bond acceptors (Lipinski definition) is 3. The molecule has 1 fully saturated rings. The molecule has 0 bridgehead atoms. The van der Waals surface area contributed by atoms with Crippen LogP contribution in [-0.2, 0) is 4.79 Å². The minimum atomic E-state index is -0.294. The number of primary amides is 1. The fraction of sp³-hybridized carbons (Fsp3) is 0.462. The fourth-order valence-electron chi connectivity index (χ4n) is 2.24. The zero-order chi connectivity index (χ0) is 12.3. The monoisotopic (exact) mass is 233 g/mol. The van der Waals surface area contributed by atoms with Gasteiger partial charge in [0.2, 0.25) is 5.91 Å². The molecule has 4 nitrogen and oxygen atoms in total. The molecule has 92 valence electrons. The van der Waals surface area contributed by atoms with Crippen LogP contribution < -0.4 is 11.1 Å². The topological polar surface area (TPSA) is 58.4 Å². The summed E-state index contributed by atoms with van der Waals surface area (Å²) in [5.41, 5.74) is 7.72. The minimum Gasteiger partial charge on any atom is -0.368 e. The molecule has 0 saturated carbocycles. The number of rotatable bonds is 3. The van der Waals surface area contributed by atoms with E-state index in [0.717, 1.165) is 31.7 Å². The first-order valence-electron chi connectivity index (χ1n) is 5.99. The van der Waals surface area contributed by atoms with E-state index in [1.54, 1.807) is 0 Å². The highest BCUT2D eigenvalue weighted by molar-refractivity contribution is 5.81. The van der Waals surface area contributed by atoms with Crippen LogP contribution in [0.2, 0.25) is 0 Å². The van der Waals surface area contributed by atoms with Crippen LogP contribution in [0.5, 0.6) is 0 Å². The summed E-state index contributed by atoms with van der Waals surface area (Å²) in [7, 11) is 0. The summed E-state index contributed by atoms with van der Waals surface area (Å²) in [4.78, 5) is 13.8. The fourth-order valence-corrected chi connectivity index (χ4v) is 2.24. The van der Waals surface area contributed by atoms with E-state index >= 15 is 0 Å². The Balaban J connectivity index is 2.21.